The molecule has 0 atom stereocenters. The lowest BCUT2D eigenvalue weighted by molar-refractivity contribution is 0.467. The molecular formula is C20H17FN4O. The van der Waals surface area contributed by atoms with Crippen LogP contribution in [-0.4, -0.2) is 19.5 Å². The third-order valence-corrected chi connectivity index (χ3v) is 4.43. The van der Waals surface area contributed by atoms with Crippen molar-refractivity contribution in [1.82, 2.24) is 14.4 Å². The van der Waals surface area contributed by atoms with E-state index in [-0.39, 0.29) is 17.4 Å². The van der Waals surface area contributed by atoms with E-state index in [9.17, 15) is 9.50 Å². The standard InChI is InChI=1S/C20H17FN4O/c1-11-8-14(9-12(2)18(11)26)17-16(13-4-3-5-15(21)10-13)24-19(22)20-23-6-7-25(17)20/h3-10,26H,1-2H3,(H2,22,24). The predicted molar refractivity (Wildman–Crippen MR) is 99.4 cm³/mol. The average molecular weight is 348 g/mol. The van der Waals surface area contributed by atoms with Crippen LogP contribution in [-0.2, 0) is 0 Å². The molecule has 130 valence electrons. The van der Waals surface area contributed by atoms with Crippen LogP contribution in [0.1, 0.15) is 11.1 Å². The van der Waals surface area contributed by atoms with E-state index in [1.54, 1.807) is 24.5 Å². The molecule has 4 aromatic rings. The second-order valence-corrected chi connectivity index (χ2v) is 6.28. The SMILES string of the molecule is Cc1cc(-c2c(-c3cccc(F)c3)nc(N)c3nccn23)cc(C)c1O. The number of nitrogens with two attached hydrogens (primary N) is 1. The number of imidazole rings is 1. The molecule has 4 rings (SSSR count). The molecule has 2 aromatic heterocycles. The number of halogens is 1. The number of anilines is 1. The monoisotopic (exact) mass is 348 g/mol. The van der Waals surface area contributed by atoms with Crippen LogP contribution in [0, 0.1) is 19.7 Å². The molecule has 5 nitrogen and oxygen atoms in total. The lowest BCUT2D eigenvalue weighted by atomic mass is 9.99. The fourth-order valence-corrected chi connectivity index (χ4v) is 3.22. The Kier molecular flexibility index (Phi) is 3.61. The fourth-order valence-electron chi connectivity index (χ4n) is 3.22. The predicted octanol–water partition coefficient (Wildman–Crippen LogP) is 4.11. The highest BCUT2D eigenvalue weighted by Crippen LogP contribution is 2.36. The van der Waals surface area contributed by atoms with Crippen molar-refractivity contribution in [2.24, 2.45) is 0 Å². The van der Waals surface area contributed by atoms with Crippen molar-refractivity contribution in [3.05, 3.63) is 65.7 Å². The summed E-state index contributed by atoms with van der Waals surface area (Å²) in [4.78, 5) is 8.78. The lowest BCUT2D eigenvalue weighted by Crippen LogP contribution is -2.04. The smallest absolute Gasteiger partial charge is 0.180 e. The Hall–Kier alpha value is -3.41. The Morgan fingerprint density at radius 1 is 1.08 bits per heavy atom. The number of hydrogen-bond donors (Lipinski definition) is 2. The normalized spacial score (nSPS) is 11.2. The van der Waals surface area contributed by atoms with E-state index in [0.717, 1.165) is 22.4 Å². The van der Waals surface area contributed by atoms with Gasteiger partial charge in [-0.25, -0.2) is 14.4 Å². The highest BCUT2D eigenvalue weighted by molar-refractivity contribution is 5.84. The molecule has 0 aliphatic carbocycles. The Morgan fingerprint density at radius 2 is 1.81 bits per heavy atom. The van der Waals surface area contributed by atoms with Crippen molar-refractivity contribution in [3.8, 4) is 28.3 Å². The largest absolute Gasteiger partial charge is 0.507 e. The first kappa shape index (κ1) is 16.1. The molecule has 0 radical (unpaired) electrons. The number of benzene rings is 2. The zero-order valence-electron chi connectivity index (χ0n) is 14.4. The molecule has 0 aliphatic rings. The van der Waals surface area contributed by atoms with E-state index >= 15 is 0 Å². The van der Waals surface area contributed by atoms with Crippen molar-refractivity contribution in [2.45, 2.75) is 13.8 Å². The number of aryl methyl sites for hydroxylation is 2. The number of hydrogen-bond acceptors (Lipinski definition) is 4. The highest BCUT2D eigenvalue weighted by atomic mass is 19.1. The summed E-state index contributed by atoms with van der Waals surface area (Å²) < 4.78 is 15.7. The van der Waals surface area contributed by atoms with Crippen LogP contribution in [0.5, 0.6) is 5.75 Å². The van der Waals surface area contributed by atoms with E-state index in [1.807, 2.05) is 30.4 Å². The van der Waals surface area contributed by atoms with E-state index in [1.165, 1.54) is 12.1 Å². The number of nitrogens with zero attached hydrogens (tertiary/aromatic N) is 3. The zero-order valence-corrected chi connectivity index (χ0v) is 14.4. The molecular weight excluding hydrogens is 331 g/mol. The minimum Gasteiger partial charge on any atom is -0.507 e. The summed E-state index contributed by atoms with van der Waals surface area (Å²) in [7, 11) is 0. The van der Waals surface area contributed by atoms with Gasteiger partial charge in [-0.2, -0.15) is 0 Å². The Balaban J connectivity index is 2.12. The zero-order chi connectivity index (χ0) is 18.4. The van der Waals surface area contributed by atoms with Gasteiger partial charge in [0.25, 0.3) is 0 Å². The van der Waals surface area contributed by atoms with E-state index in [4.69, 9.17) is 5.73 Å². The molecule has 0 saturated heterocycles. The summed E-state index contributed by atoms with van der Waals surface area (Å²) in [5.74, 6) is 0.175. The summed E-state index contributed by atoms with van der Waals surface area (Å²) in [5, 5.41) is 10.1. The molecule has 0 amide bonds. The van der Waals surface area contributed by atoms with Gasteiger partial charge in [0, 0.05) is 23.5 Å². The van der Waals surface area contributed by atoms with Gasteiger partial charge in [-0.1, -0.05) is 12.1 Å². The van der Waals surface area contributed by atoms with E-state index < -0.39 is 0 Å². The maximum absolute atomic E-state index is 13.8. The van der Waals surface area contributed by atoms with E-state index in [0.29, 0.717) is 16.9 Å². The van der Waals surface area contributed by atoms with Gasteiger partial charge in [0.05, 0.1) is 11.4 Å². The van der Waals surface area contributed by atoms with Crippen LogP contribution < -0.4 is 5.73 Å². The number of aromatic nitrogens is 3. The van der Waals surface area contributed by atoms with Gasteiger partial charge in [0.15, 0.2) is 11.5 Å². The van der Waals surface area contributed by atoms with Gasteiger partial charge in [-0.3, -0.25) is 4.40 Å². The van der Waals surface area contributed by atoms with Crippen molar-refractivity contribution in [1.29, 1.82) is 0 Å². The van der Waals surface area contributed by atoms with Gasteiger partial charge < -0.3 is 10.8 Å². The van der Waals surface area contributed by atoms with Crippen LogP contribution >= 0.6 is 0 Å². The molecule has 0 bridgehead atoms. The molecule has 6 heteroatoms. The first-order chi connectivity index (χ1) is 12.5. The third kappa shape index (κ3) is 2.47. The van der Waals surface area contributed by atoms with Crippen LogP contribution in [0.3, 0.4) is 0 Å². The summed E-state index contributed by atoms with van der Waals surface area (Å²) >= 11 is 0. The summed E-state index contributed by atoms with van der Waals surface area (Å²) in [6.45, 7) is 3.67. The number of nitrogen functional groups attached to an aromatic ring is 1. The van der Waals surface area contributed by atoms with Gasteiger partial charge in [-0.15, -0.1) is 0 Å². The maximum Gasteiger partial charge on any atom is 0.180 e. The molecule has 26 heavy (non-hydrogen) atoms. The van der Waals surface area contributed by atoms with Crippen molar-refractivity contribution >= 4 is 11.5 Å². The van der Waals surface area contributed by atoms with Crippen molar-refractivity contribution in [3.63, 3.8) is 0 Å². The molecule has 0 fully saturated rings. The second-order valence-electron chi connectivity index (χ2n) is 6.28. The lowest BCUT2D eigenvalue weighted by Gasteiger charge is -2.15. The molecule has 0 saturated carbocycles. The topological polar surface area (TPSA) is 76.4 Å². The quantitative estimate of drug-likeness (QED) is 0.572. The van der Waals surface area contributed by atoms with Crippen LogP contribution in [0.2, 0.25) is 0 Å². The van der Waals surface area contributed by atoms with Crippen LogP contribution in [0.4, 0.5) is 10.2 Å². The minimum atomic E-state index is -0.349. The molecule has 2 aromatic carbocycles. The maximum atomic E-state index is 13.8. The Morgan fingerprint density at radius 3 is 2.50 bits per heavy atom. The number of rotatable bonds is 2. The van der Waals surface area contributed by atoms with E-state index in [2.05, 4.69) is 9.97 Å². The van der Waals surface area contributed by atoms with Crippen LogP contribution in [0.15, 0.2) is 48.8 Å². The van der Waals surface area contributed by atoms with Gasteiger partial charge in [-0.05, 0) is 49.2 Å². The van der Waals surface area contributed by atoms with Crippen molar-refractivity contribution in [2.75, 3.05) is 5.73 Å². The summed E-state index contributed by atoms with van der Waals surface area (Å²) in [6.07, 6.45) is 3.44. The number of fused-ring (bicyclic) bond motifs is 1. The van der Waals surface area contributed by atoms with Gasteiger partial charge in [0.2, 0.25) is 0 Å². The first-order valence-electron chi connectivity index (χ1n) is 8.15. The Bertz CT molecular complexity index is 1130. The summed E-state index contributed by atoms with van der Waals surface area (Å²) in [6, 6.07) is 9.98. The van der Waals surface area contributed by atoms with Gasteiger partial charge in [0.1, 0.15) is 11.6 Å². The number of phenolic OH excluding ortho intramolecular Hbond substituents is 1. The molecule has 2 heterocycles. The molecule has 3 N–H and O–H groups in total. The number of aromatic hydroxyl groups is 1. The molecule has 0 unspecified atom stereocenters. The molecule has 0 spiro atoms. The fraction of sp³-hybridized carbons (Fsp3) is 0.100. The molecule has 0 aliphatic heterocycles. The minimum absolute atomic E-state index is 0.256. The van der Waals surface area contributed by atoms with Gasteiger partial charge >= 0.3 is 0 Å². The number of phenols is 1. The average Bonchev–Trinajstić information content (AvgIpc) is 3.09. The summed E-state index contributed by atoms with van der Waals surface area (Å²) in [5.41, 5.74) is 10.9. The van der Waals surface area contributed by atoms with Crippen molar-refractivity contribution < 1.29 is 9.50 Å². The highest BCUT2D eigenvalue weighted by Gasteiger charge is 2.18. The first-order valence-corrected chi connectivity index (χ1v) is 8.15. The Labute approximate surface area is 149 Å². The van der Waals surface area contributed by atoms with Crippen LogP contribution in [0.25, 0.3) is 28.2 Å². The third-order valence-electron chi connectivity index (χ3n) is 4.43. The second kappa shape index (κ2) is 5.84.